The van der Waals surface area contributed by atoms with Gasteiger partial charge in [0.25, 0.3) is 5.91 Å². The van der Waals surface area contributed by atoms with Gasteiger partial charge in [0.05, 0.1) is 11.1 Å². The second-order valence-electron chi connectivity index (χ2n) is 6.91. The summed E-state index contributed by atoms with van der Waals surface area (Å²) in [5, 5.41) is 0. The fraction of sp³-hybridized carbons (Fsp3) is 0.174. The van der Waals surface area contributed by atoms with Crippen LogP contribution in [0.4, 0.5) is 13.2 Å². The fourth-order valence-corrected chi connectivity index (χ4v) is 3.07. The Kier molecular flexibility index (Phi) is 6.39. The Labute approximate surface area is 177 Å². The van der Waals surface area contributed by atoms with Crippen molar-refractivity contribution in [3.05, 3.63) is 83.7 Å². The predicted octanol–water partition coefficient (Wildman–Crippen LogP) is 4.96. The molecule has 1 amide bonds. The van der Waals surface area contributed by atoms with E-state index in [1.165, 1.54) is 18.0 Å². The molecule has 0 atom stereocenters. The highest BCUT2D eigenvalue weighted by atomic mass is 19.4. The molecule has 5 nitrogen and oxygen atoms in total. The van der Waals surface area contributed by atoms with Crippen LogP contribution in [0, 0.1) is 0 Å². The van der Waals surface area contributed by atoms with E-state index < -0.39 is 17.7 Å². The highest BCUT2D eigenvalue weighted by molar-refractivity contribution is 5.93. The van der Waals surface area contributed by atoms with Gasteiger partial charge in [-0.15, -0.1) is 0 Å². The lowest BCUT2D eigenvalue weighted by Gasteiger charge is -2.18. The van der Waals surface area contributed by atoms with Crippen molar-refractivity contribution in [3.63, 3.8) is 0 Å². The highest BCUT2D eigenvalue weighted by Crippen LogP contribution is 2.37. The number of aromatic nitrogens is 1. The Bertz CT molecular complexity index is 1100. The SMILES string of the molecule is CC(=O)Oc1ccc(C(F)(F)F)cc1-c1cccc(CN(C)C(=O)c2cccnc2)c1. The van der Waals surface area contributed by atoms with E-state index in [0.29, 0.717) is 16.7 Å². The number of benzene rings is 2. The summed E-state index contributed by atoms with van der Waals surface area (Å²) in [7, 11) is 1.62. The Hall–Kier alpha value is -3.68. The van der Waals surface area contributed by atoms with Gasteiger partial charge in [-0.2, -0.15) is 13.2 Å². The molecule has 1 aromatic heterocycles. The van der Waals surface area contributed by atoms with E-state index in [1.807, 2.05) is 0 Å². The maximum Gasteiger partial charge on any atom is 0.416 e. The Morgan fingerprint density at radius 1 is 1.06 bits per heavy atom. The smallest absolute Gasteiger partial charge is 0.416 e. The van der Waals surface area contributed by atoms with Crippen LogP contribution in [-0.4, -0.2) is 28.8 Å². The zero-order chi connectivity index (χ0) is 22.6. The molecule has 2 aromatic carbocycles. The molecule has 0 fully saturated rings. The zero-order valence-electron chi connectivity index (χ0n) is 16.8. The van der Waals surface area contributed by atoms with Crippen molar-refractivity contribution in [2.45, 2.75) is 19.6 Å². The summed E-state index contributed by atoms with van der Waals surface area (Å²) in [5.74, 6) is -0.852. The minimum Gasteiger partial charge on any atom is -0.426 e. The minimum absolute atomic E-state index is 0.0254. The van der Waals surface area contributed by atoms with Crippen molar-refractivity contribution in [1.82, 2.24) is 9.88 Å². The molecule has 0 aliphatic heterocycles. The summed E-state index contributed by atoms with van der Waals surface area (Å²) in [6, 6.07) is 13.0. The molecule has 31 heavy (non-hydrogen) atoms. The van der Waals surface area contributed by atoms with Crippen molar-refractivity contribution < 1.29 is 27.5 Å². The van der Waals surface area contributed by atoms with Crippen LogP contribution in [0.2, 0.25) is 0 Å². The number of ether oxygens (including phenoxy) is 1. The summed E-state index contributed by atoms with van der Waals surface area (Å²) in [6.07, 6.45) is -1.52. The van der Waals surface area contributed by atoms with Gasteiger partial charge in [-0.05, 0) is 47.5 Å². The summed E-state index contributed by atoms with van der Waals surface area (Å²) >= 11 is 0. The minimum atomic E-state index is -4.54. The molecule has 0 saturated carbocycles. The van der Waals surface area contributed by atoms with E-state index >= 15 is 0 Å². The van der Waals surface area contributed by atoms with Gasteiger partial charge < -0.3 is 9.64 Å². The lowest BCUT2D eigenvalue weighted by atomic mass is 9.99. The second-order valence-corrected chi connectivity index (χ2v) is 6.91. The molecule has 3 aromatic rings. The van der Waals surface area contributed by atoms with Gasteiger partial charge in [0.2, 0.25) is 0 Å². The number of nitrogens with zero attached hydrogens (tertiary/aromatic N) is 2. The van der Waals surface area contributed by atoms with Crippen molar-refractivity contribution in [2.24, 2.45) is 0 Å². The van der Waals surface area contributed by atoms with Gasteiger partial charge in [-0.3, -0.25) is 14.6 Å². The van der Waals surface area contributed by atoms with E-state index in [4.69, 9.17) is 4.74 Å². The van der Waals surface area contributed by atoms with Crippen molar-refractivity contribution >= 4 is 11.9 Å². The zero-order valence-corrected chi connectivity index (χ0v) is 16.8. The third-order valence-electron chi connectivity index (χ3n) is 4.47. The van der Waals surface area contributed by atoms with Gasteiger partial charge in [0.1, 0.15) is 5.75 Å². The summed E-state index contributed by atoms with van der Waals surface area (Å²) < 4.78 is 44.8. The topological polar surface area (TPSA) is 59.5 Å². The van der Waals surface area contributed by atoms with E-state index in [1.54, 1.807) is 49.6 Å². The number of esters is 1. The van der Waals surface area contributed by atoms with Crippen LogP contribution in [0.1, 0.15) is 28.4 Å². The summed E-state index contributed by atoms with van der Waals surface area (Å²) in [6.45, 7) is 1.40. The second kappa shape index (κ2) is 8.99. The number of amides is 1. The Balaban J connectivity index is 1.93. The highest BCUT2D eigenvalue weighted by Gasteiger charge is 2.31. The van der Waals surface area contributed by atoms with Crippen molar-refractivity contribution in [3.8, 4) is 16.9 Å². The Morgan fingerprint density at radius 3 is 2.48 bits per heavy atom. The lowest BCUT2D eigenvalue weighted by molar-refractivity contribution is -0.137. The van der Waals surface area contributed by atoms with Crippen molar-refractivity contribution in [1.29, 1.82) is 0 Å². The van der Waals surface area contributed by atoms with E-state index in [2.05, 4.69) is 4.98 Å². The van der Waals surface area contributed by atoms with E-state index in [9.17, 15) is 22.8 Å². The number of carbonyl (C=O) groups is 2. The van der Waals surface area contributed by atoms with Gasteiger partial charge >= 0.3 is 12.1 Å². The molecule has 0 bridgehead atoms. The average molecular weight is 428 g/mol. The molecule has 8 heteroatoms. The van der Waals surface area contributed by atoms with Gasteiger partial charge in [-0.25, -0.2) is 0 Å². The predicted molar refractivity (Wildman–Crippen MR) is 108 cm³/mol. The largest absolute Gasteiger partial charge is 0.426 e. The number of hydrogen-bond donors (Lipinski definition) is 0. The molecule has 3 rings (SSSR count). The van der Waals surface area contributed by atoms with Crippen LogP contribution in [0.25, 0.3) is 11.1 Å². The maximum atomic E-state index is 13.2. The number of rotatable bonds is 5. The van der Waals surface area contributed by atoms with Crippen LogP contribution in [-0.2, 0) is 17.5 Å². The maximum absolute atomic E-state index is 13.2. The third kappa shape index (κ3) is 5.48. The first-order valence-electron chi connectivity index (χ1n) is 9.29. The molecular formula is C23H19F3N2O3. The number of pyridine rings is 1. The van der Waals surface area contributed by atoms with Gasteiger partial charge in [-0.1, -0.05) is 18.2 Å². The van der Waals surface area contributed by atoms with E-state index in [0.717, 1.165) is 18.2 Å². The van der Waals surface area contributed by atoms with Crippen molar-refractivity contribution in [2.75, 3.05) is 7.05 Å². The molecular weight excluding hydrogens is 409 g/mol. The monoisotopic (exact) mass is 428 g/mol. The molecule has 1 heterocycles. The van der Waals surface area contributed by atoms with Gasteiger partial charge in [0, 0.05) is 38.5 Å². The molecule has 0 N–H and O–H groups in total. The molecule has 0 aliphatic carbocycles. The Morgan fingerprint density at radius 2 is 1.84 bits per heavy atom. The number of halogens is 3. The number of carbonyl (C=O) groups excluding carboxylic acids is 2. The number of alkyl halides is 3. The van der Waals surface area contributed by atoms with Crippen LogP contribution in [0.5, 0.6) is 5.75 Å². The third-order valence-corrected chi connectivity index (χ3v) is 4.47. The van der Waals surface area contributed by atoms with Crippen LogP contribution >= 0.6 is 0 Å². The molecule has 0 saturated heterocycles. The quantitative estimate of drug-likeness (QED) is 0.426. The summed E-state index contributed by atoms with van der Waals surface area (Å²) in [5.41, 5.74) is 0.836. The molecule has 0 spiro atoms. The average Bonchev–Trinajstić information content (AvgIpc) is 2.73. The standard InChI is InChI=1S/C23H19F3N2O3/c1-15(29)31-21-9-8-19(23(24,25)26)12-20(21)17-6-3-5-16(11-17)14-28(2)22(30)18-7-4-10-27-13-18/h3-13H,14H2,1-2H3. The first-order valence-corrected chi connectivity index (χ1v) is 9.29. The molecule has 0 aliphatic rings. The normalized spacial score (nSPS) is 11.1. The van der Waals surface area contributed by atoms with Gasteiger partial charge in [0.15, 0.2) is 0 Å². The molecule has 0 unspecified atom stereocenters. The lowest BCUT2D eigenvalue weighted by Crippen LogP contribution is -2.26. The summed E-state index contributed by atoms with van der Waals surface area (Å²) in [4.78, 5) is 29.4. The first-order chi connectivity index (χ1) is 14.6. The van der Waals surface area contributed by atoms with E-state index in [-0.39, 0.29) is 23.8 Å². The molecule has 160 valence electrons. The van der Waals surface area contributed by atoms with Crippen LogP contribution < -0.4 is 4.74 Å². The number of hydrogen-bond acceptors (Lipinski definition) is 4. The first kappa shape index (κ1) is 22.0. The van der Waals surface area contributed by atoms with Crippen LogP contribution in [0.3, 0.4) is 0 Å². The molecule has 0 radical (unpaired) electrons. The van der Waals surface area contributed by atoms with Crippen LogP contribution in [0.15, 0.2) is 67.0 Å². The fourth-order valence-electron chi connectivity index (χ4n) is 3.07.